The van der Waals surface area contributed by atoms with Crippen LogP contribution >= 0.6 is 0 Å². The Kier molecular flexibility index (Phi) is 3.54. The molecule has 0 bridgehead atoms. The molecular weight excluding hydrogens is 258 g/mol. The summed E-state index contributed by atoms with van der Waals surface area (Å²) >= 11 is 0. The topological polar surface area (TPSA) is 20.3 Å². The molecule has 2 aromatic carbocycles. The fourth-order valence-electron chi connectivity index (χ4n) is 3.01. The lowest BCUT2D eigenvalue weighted by Crippen LogP contribution is -2.39. The minimum atomic E-state index is -0.291. The van der Waals surface area contributed by atoms with Crippen LogP contribution in [0.2, 0.25) is 0 Å². The van der Waals surface area contributed by atoms with E-state index in [2.05, 4.69) is 31.2 Å². The Bertz CT molecular complexity index is 644. The van der Waals surface area contributed by atoms with Crippen molar-refractivity contribution in [2.24, 2.45) is 0 Å². The molecule has 2 heteroatoms. The van der Waals surface area contributed by atoms with Crippen LogP contribution < -0.4 is 4.90 Å². The quantitative estimate of drug-likeness (QED) is 0.826. The minimum absolute atomic E-state index is 0.238. The van der Waals surface area contributed by atoms with Crippen molar-refractivity contribution in [2.75, 3.05) is 11.4 Å². The van der Waals surface area contributed by atoms with Gasteiger partial charge in [-0.05, 0) is 49.9 Å². The molecule has 0 radical (unpaired) electrons. The SMILES string of the molecule is CCN(C(=O)C1(c2ccccc2)CC1)c1cccc(C)c1. The van der Waals surface area contributed by atoms with E-state index in [-0.39, 0.29) is 11.3 Å². The predicted octanol–water partition coefficient (Wildman–Crippen LogP) is 4.08. The van der Waals surface area contributed by atoms with E-state index < -0.39 is 0 Å². The zero-order valence-corrected chi connectivity index (χ0v) is 12.7. The van der Waals surface area contributed by atoms with Gasteiger partial charge in [0.05, 0.1) is 5.41 Å². The smallest absolute Gasteiger partial charge is 0.237 e. The lowest BCUT2D eigenvalue weighted by atomic mass is 9.94. The first-order valence-corrected chi connectivity index (χ1v) is 7.61. The maximum Gasteiger partial charge on any atom is 0.237 e. The molecule has 0 heterocycles. The number of carbonyl (C=O) groups excluding carboxylic acids is 1. The molecule has 2 aromatic rings. The Hall–Kier alpha value is -2.09. The van der Waals surface area contributed by atoms with Crippen LogP contribution in [0.5, 0.6) is 0 Å². The molecule has 1 amide bonds. The summed E-state index contributed by atoms with van der Waals surface area (Å²) in [6.45, 7) is 4.81. The summed E-state index contributed by atoms with van der Waals surface area (Å²) in [4.78, 5) is 15.0. The summed E-state index contributed by atoms with van der Waals surface area (Å²) in [5.74, 6) is 0.238. The monoisotopic (exact) mass is 279 g/mol. The molecule has 0 aliphatic heterocycles. The lowest BCUT2D eigenvalue weighted by molar-refractivity contribution is -0.121. The molecule has 1 fully saturated rings. The lowest BCUT2D eigenvalue weighted by Gasteiger charge is -2.27. The number of amides is 1. The molecule has 0 saturated heterocycles. The van der Waals surface area contributed by atoms with Gasteiger partial charge in [0.25, 0.3) is 0 Å². The number of hydrogen-bond acceptors (Lipinski definition) is 1. The van der Waals surface area contributed by atoms with Crippen molar-refractivity contribution in [2.45, 2.75) is 32.1 Å². The Morgan fingerprint density at radius 3 is 2.38 bits per heavy atom. The third-order valence-corrected chi connectivity index (χ3v) is 4.36. The van der Waals surface area contributed by atoms with Gasteiger partial charge in [-0.2, -0.15) is 0 Å². The third-order valence-electron chi connectivity index (χ3n) is 4.36. The van der Waals surface area contributed by atoms with Gasteiger partial charge in [0.1, 0.15) is 0 Å². The summed E-state index contributed by atoms with van der Waals surface area (Å²) in [6.07, 6.45) is 1.91. The maximum absolute atomic E-state index is 13.1. The van der Waals surface area contributed by atoms with E-state index in [1.165, 1.54) is 5.56 Å². The van der Waals surface area contributed by atoms with Gasteiger partial charge in [0.15, 0.2) is 0 Å². The molecule has 108 valence electrons. The highest BCUT2D eigenvalue weighted by atomic mass is 16.2. The molecule has 1 aliphatic carbocycles. The van der Waals surface area contributed by atoms with E-state index in [1.807, 2.05) is 42.2 Å². The Morgan fingerprint density at radius 2 is 1.81 bits per heavy atom. The fourth-order valence-corrected chi connectivity index (χ4v) is 3.01. The summed E-state index contributed by atoms with van der Waals surface area (Å²) in [5.41, 5.74) is 3.05. The second-order valence-corrected chi connectivity index (χ2v) is 5.84. The van der Waals surface area contributed by atoms with Crippen LogP contribution in [0, 0.1) is 6.92 Å². The molecule has 0 spiro atoms. The van der Waals surface area contributed by atoms with Gasteiger partial charge in [-0.25, -0.2) is 0 Å². The zero-order chi connectivity index (χ0) is 14.9. The number of benzene rings is 2. The number of nitrogens with zero attached hydrogens (tertiary/aromatic N) is 1. The molecule has 3 rings (SSSR count). The van der Waals surface area contributed by atoms with Crippen molar-refractivity contribution in [3.8, 4) is 0 Å². The Balaban J connectivity index is 1.93. The number of aryl methyl sites for hydroxylation is 1. The van der Waals surface area contributed by atoms with Crippen molar-refractivity contribution in [3.05, 3.63) is 65.7 Å². The van der Waals surface area contributed by atoms with Gasteiger partial charge in [-0.15, -0.1) is 0 Å². The molecule has 21 heavy (non-hydrogen) atoms. The van der Waals surface area contributed by atoms with Crippen LogP contribution in [-0.4, -0.2) is 12.5 Å². The minimum Gasteiger partial charge on any atom is -0.312 e. The number of carbonyl (C=O) groups is 1. The van der Waals surface area contributed by atoms with Crippen LogP contribution in [0.3, 0.4) is 0 Å². The molecular formula is C19H21NO. The fraction of sp³-hybridized carbons (Fsp3) is 0.316. The second-order valence-electron chi connectivity index (χ2n) is 5.84. The van der Waals surface area contributed by atoms with E-state index in [0.717, 1.165) is 24.1 Å². The van der Waals surface area contributed by atoms with E-state index in [4.69, 9.17) is 0 Å². The van der Waals surface area contributed by atoms with Crippen molar-refractivity contribution in [3.63, 3.8) is 0 Å². The molecule has 0 aromatic heterocycles. The first-order chi connectivity index (χ1) is 10.2. The standard InChI is InChI=1S/C19H21NO/c1-3-20(17-11-7-8-15(2)14-17)18(21)19(12-13-19)16-9-5-4-6-10-16/h4-11,14H,3,12-13H2,1-2H3. The van der Waals surface area contributed by atoms with Gasteiger partial charge in [0.2, 0.25) is 5.91 Å². The van der Waals surface area contributed by atoms with E-state index in [1.54, 1.807) is 0 Å². The van der Waals surface area contributed by atoms with Crippen LogP contribution in [0.25, 0.3) is 0 Å². The molecule has 2 nitrogen and oxygen atoms in total. The highest BCUT2D eigenvalue weighted by molar-refractivity contribution is 6.03. The average molecular weight is 279 g/mol. The highest BCUT2D eigenvalue weighted by Crippen LogP contribution is 2.50. The maximum atomic E-state index is 13.1. The van der Waals surface area contributed by atoms with Crippen LogP contribution in [0.4, 0.5) is 5.69 Å². The van der Waals surface area contributed by atoms with E-state index >= 15 is 0 Å². The van der Waals surface area contributed by atoms with E-state index in [9.17, 15) is 4.79 Å². The van der Waals surface area contributed by atoms with Crippen molar-refractivity contribution in [1.29, 1.82) is 0 Å². The number of anilines is 1. The van der Waals surface area contributed by atoms with Gasteiger partial charge in [0, 0.05) is 12.2 Å². The summed E-state index contributed by atoms with van der Waals surface area (Å²) in [6, 6.07) is 18.4. The van der Waals surface area contributed by atoms with Gasteiger partial charge < -0.3 is 4.90 Å². The number of likely N-dealkylation sites (N-methyl/N-ethyl adjacent to an activating group) is 1. The highest BCUT2D eigenvalue weighted by Gasteiger charge is 2.52. The van der Waals surface area contributed by atoms with Gasteiger partial charge in [-0.3, -0.25) is 4.79 Å². The predicted molar refractivity (Wildman–Crippen MR) is 86.6 cm³/mol. The first kappa shape index (κ1) is 13.9. The van der Waals surface area contributed by atoms with Crippen molar-refractivity contribution in [1.82, 2.24) is 0 Å². The summed E-state index contributed by atoms with van der Waals surface area (Å²) in [7, 11) is 0. The molecule has 1 saturated carbocycles. The van der Waals surface area contributed by atoms with Crippen LogP contribution in [0.1, 0.15) is 30.9 Å². The molecule has 0 N–H and O–H groups in total. The first-order valence-electron chi connectivity index (χ1n) is 7.61. The van der Waals surface area contributed by atoms with Crippen LogP contribution in [0.15, 0.2) is 54.6 Å². The Morgan fingerprint density at radius 1 is 1.10 bits per heavy atom. The second kappa shape index (κ2) is 5.36. The molecule has 0 unspecified atom stereocenters. The largest absolute Gasteiger partial charge is 0.312 e. The summed E-state index contributed by atoms with van der Waals surface area (Å²) < 4.78 is 0. The van der Waals surface area contributed by atoms with Crippen molar-refractivity contribution < 1.29 is 4.79 Å². The number of rotatable bonds is 4. The van der Waals surface area contributed by atoms with Crippen LogP contribution in [-0.2, 0) is 10.2 Å². The molecule has 1 aliphatic rings. The van der Waals surface area contributed by atoms with E-state index in [0.29, 0.717) is 6.54 Å². The number of hydrogen-bond donors (Lipinski definition) is 0. The average Bonchev–Trinajstić information content (AvgIpc) is 3.31. The van der Waals surface area contributed by atoms with Gasteiger partial charge in [-0.1, -0.05) is 42.5 Å². The summed E-state index contributed by atoms with van der Waals surface area (Å²) in [5, 5.41) is 0. The Labute approximate surface area is 126 Å². The van der Waals surface area contributed by atoms with Gasteiger partial charge >= 0.3 is 0 Å². The zero-order valence-electron chi connectivity index (χ0n) is 12.7. The molecule has 0 atom stereocenters. The normalized spacial score (nSPS) is 15.5. The third kappa shape index (κ3) is 2.46. The van der Waals surface area contributed by atoms with Crippen molar-refractivity contribution >= 4 is 11.6 Å².